The van der Waals surface area contributed by atoms with E-state index in [1.54, 1.807) is 0 Å². The fraction of sp³-hybridized carbons (Fsp3) is 0.824. The van der Waals surface area contributed by atoms with Crippen molar-refractivity contribution in [1.29, 1.82) is 0 Å². The fourth-order valence-corrected chi connectivity index (χ4v) is 3.67. The van der Waals surface area contributed by atoms with Gasteiger partial charge in [-0.2, -0.15) is 5.10 Å². The third-order valence-electron chi connectivity index (χ3n) is 4.83. The molecule has 3 heteroatoms. The van der Waals surface area contributed by atoms with Crippen LogP contribution in [0.25, 0.3) is 0 Å². The minimum absolute atomic E-state index is 0.614. The van der Waals surface area contributed by atoms with E-state index in [2.05, 4.69) is 49.0 Å². The van der Waals surface area contributed by atoms with Gasteiger partial charge in [0, 0.05) is 25.2 Å². The molecule has 1 heterocycles. The smallest absolute Gasteiger partial charge is 0.0624 e. The first kappa shape index (κ1) is 15.6. The molecule has 1 aliphatic rings. The molecule has 0 saturated heterocycles. The first-order valence-electron chi connectivity index (χ1n) is 8.39. The molecule has 1 aromatic heterocycles. The van der Waals surface area contributed by atoms with Gasteiger partial charge < -0.3 is 5.32 Å². The summed E-state index contributed by atoms with van der Waals surface area (Å²) >= 11 is 0. The van der Waals surface area contributed by atoms with Gasteiger partial charge in [-0.15, -0.1) is 0 Å². The number of hydrogen-bond acceptors (Lipinski definition) is 2. The Morgan fingerprint density at radius 3 is 2.80 bits per heavy atom. The molecule has 114 valence electrons. The third-order valence-corrected chi connectivity index (χ3v) is 4.83. The molecule has 0 amide bonds. The van der Waals surface area contributed by atoms with Crippen LogP contribution in [0.4, 0.5) is 0 Å². The van der Waals surface area contributed by atoms with E-state index >= 15 is 0 Å². The summed E-state index contributed by atoms with van der Waals surface area (Å²) in [4.78, 5) is 0. The zero-order valence-corrected chi connectivity index (χ0v) is 13.7. The van der Waals surface area contributed by atoms with Crippen molar-refractivity contribution in [2.24, 2.45) is 18.9 Å². The minimum atomic E-state index is 0.614. The van der Waals surface area contributed by atoms with Crippen molar-refractivity contribution in [2.75, 3.05) is 6.54 Å². The Hall–Kier alpha value is -0.830. The van der Waals surface area contributed by atoms with Gasteiger partial charge in [0.15, 0.2) is 0 Å². The quantitative estimate of drug-likeness (QED) is 0.864. The van der Waals surface area contributed by atoms with Crippen LogP contribution in [-0.2, 0) is 19.9 Å². The number of likely N-dealkylation sites (N-methyl/N-ethyl adjacent to an activating group) is 1. The van der Waals surface area contributed by atoms with E-state index in [4.69, 9.17) is 0 Å². The van der Waals surface area contributed by atoms with Crippen molar-refractivity contribution in [2.45, 2.75) is 65.3 Å². The summed E-state index contributed by atoms with van der Waals surface area (Å²) in [5.41, 5.74) is 2.60. The summed E-state index contributed by atoms with van der Waals surface area (Å²) in [7, 11) is 2.08. The van der Waals surface area contributed by atoms with Gasteiger partial charge in [-0.05, 0) is 43.7 Å². The number of aromatic nitrogens is 2. The largest absolute Gasteiger partial charge is 0.314 e. The molecular formula is C17H31N3. The minimum Gasteiger partial charge on any atom is -0.314 e. The van der Waals surface area contributed by atoms with Gasteiger partial charge in [-0.1, -0.05) is 33.6 Å². The lowest BCUT2D eigenvalue weighted by Gasteiger charge is -2.33. The number of nitrogens with one attached hydrogen (secondary N) is 1. The fourth-order valence-electron chi connectivity index (χ4n) is 3.67. The van der Waals surface area contributed by atoms with E-state index < -0.39 is 0 Å². The molecule has 0 bridgehead atoms. The lowest BCUT2D eigenvalue weighted by molar-refractivity contribution is 0.221. The molecular weight excluding hydrogens is 246 g/mol. The molecule has 1 N–H and O–H groups in total. The summed E-state index contributed by atoms with van der Waals surface area (Å²) in [6, 6.07) is 2.90. The second-order valence-corrected chi connectivity index (χ2v) is 6.50. The highest BCUT2D eigenvalue weighted by atomic mass is 15.3. The highest BCUT2D eigenvalue weighted by Gasteiger charge is 2.27. The Morgan fingerprint density at radius 1 is 1.40 bits per heavy atom. The molecule has 1 fully saturated rings. The molecule has 1 aliphatic carbocycles. The van der Waals surface area contributed by atoms with Crippen LogP contribution in [0.5, 0.6) is 0 Å². The summed E-state index contributed by atoms with van der Waals surface area (Å²) < 4.78 is 2.08. The van der Waals surface area contributed by atoms with Crippen LogP contribution < -0.4 is 5.32 Å². The maximum absolute atomic E-state index is 4.59. The Bertz CT molecular complexity index is 410. The summed E-state index contributed by atoms with van der Waals surface area (Å²) in [5.74, 6) is 1.73. The van der Waals surface area contributed by atoms with Crippen LogP contribution in [0.3, 0.4) is 0 Å². The molecule has 1 saturated carbocycles. The van der Waals surface area contributed by atoms with Crippen LogP contribution in [0.2, 0.25) is 0 Å². The molecule has 2 rings (SSSR count). The summed E-state index contributed by atoms with van der Waals surface area (Å²) in [6.07, 6.45) is 7.74. The maximum atomic E-state index is 4.59. The molecule has 3 atom stereocenters. The van der Waals surface area contributed by atoms with E-state index in [1.807, 2.05) is 0 Å². The first-order valence-corrected chi connectivity index (χ1v) is 8.39. The molecule has 3 nitrogen and oxygen atoms in total. The molecule has 3 unspecified atom stereocenters. The zero-order chi connectivity index (χ0) is 14.5. The Labute approximate surface area is 124 Å². The Kier molecular flexibility index (Phi) is 5.64. The Morgan fingerprint density at radius 2 is 2.20 bits per heavy atom. The average molecular weight is 277 g/mol. The Balaban J connectivity index is 2.05. The van der Waals surface area contributed by atoms with Crippen LogP contribution >= 0.6 is 0 Å². The van der Waals surface area contributed by atoms with Gasteiger partial charge in [-0.3, -0.25) is 4.68 Å². The van der Waals surface area contributed by atoms with E-state index in [9.17, 15) is 0 Å². The predicted molar refractivity (Wildman–Crippen MR) is 84.9 cm³/mol. The highest BCUT2D eigenvalue weighted by molar-refractivity contribution is 5.12. The standard InChI is InChI=1S/C17H31N3/c1-5-15-11-16(20(4)19-15)12-17(18-6-2)14-9-7-8-13(3)10-14/h11,13-14,17-18H,5-10,12H2,1-4H3. The van der Waals surface area contributed by atoms with E-state index in [-0.39, 0.29) is 0 Å². The lowest BCUT2D eigenvalue weighted by Crippen LogP contribution is -2.40. The molecule has 20 heavy (non-hydrogen) atoms. The normalized spacial score (nSPS) is 24.8. The number of rotatable bonds is 6. The molecule has 0 aliphatic heterocycles. The zero-order valence-electron chi connectivity index (χ0n) is 13.7. The van der Waals surface area contributed by atoms with Crippen molar-refractivity contribution in [1.82, 2.24) is 15.1 Å². The van der Waals surface area contributed by atoms with Gasteiger partial charge in [0.1, 0.15) is 0 Å². The van der Waals surface area contributed by atoms with Crippen molar-refractivity contribution >= 4 is 0 Å². The van der Waals surface area contributed by atoms with Gasteiger partial charge in [-0.25, -0.2) is 0 Å². The molecule has 0 spiro atoms. The van der Waals surface area contributed by atoms with Crippen molar-refractivity contribution in [3.8, 4) is 0 Å². The first-order chi connectivity index (χ1) is 9.63. The van der Waals surface area contributed by atoms with Crippen molar-refractivity contribution < 1.29 is 0 Å². The number of hydrogen-bond donors (Lipinski definition) is 1. The molecule has 0 aromatic carbocycles. The molecule has 0 radical (unpaired) electrons. The number of aryl methyl sites for hydroxylation is 2. The van der Waals surface area contributed by atoms with Crippen LogP contribution in [0, 0.1) is 11.8 Å². The number of nitrogens with zero attached hydrogens (tertiary/aromatic N) is 2. The van der Waals surface area contributed by atoms with Gasteiger partial charge in [0.05, 0.1) is 5.69 Å². The maximum Gasteiger partial charge on any atom is 0.0624 e. The van der Waals surface area contributed by atoms with E-state index in [1.165, 1.54) is 37.1 Å². The molecule has 1 aromatic rings. The monoisotopic (exact) mass is 277 g/mol. The topological polar surface area (TPSA) is 29.9 Å². The highest BCUT2D eigenvalue weighted by Crippen LogP contribution is 2.32. The van der Waals surface area contributed by atoms with Gasteiger partial charge >= 0.3 is 0 Å². The van der Waals surface area contributed by atoms with Gasteiger partial charge in [0.2, 0.25) is 0 Å². The van der Waals surface area contributed by atoms with E-state index in [0.29, 0.717) is 6.04 Å². The van der Waals surface area contributed by atoms with Crippen LogP contribution in [-0.4, -0.2) is 22.4 Å². The summed E-state index contributed by atoms with van der Waals surface area (Å²) in [5, 5.41) is 8.33. The van der Waals surface area contributed by atoms with Crippen molar-refractivity contribution in [3.05, 3.63) is 17.5 Å². The van der Waals surface area contributed by atoms with Crippen LogP contribution in [0.15, 0.2) is 6.07 Å². The lowest BCUT2D eigenvalue weighted by atomic mass is 9.77. The average Bonchev–Trinajstić information content (AvgIpc) is 2.79. The summed E-state index contributed by atoms with van der Waals surface area (Å²) in [6.45, 7) is 7.87. The SMILES string of the molecule is CCNC(Cc1cc(CC)nn1C)C1CCCC(C)C1. The van der Waals surface area contributed by atoms with Gasteiger partial charge in [0.25, 0.3) is 0 Å². The van der Waals surface area contributed by atoms with E-state index in [0.717, 1.165) is 31.2 Å². The third kappa shape index (κ3) is 3.85. The second-order valence-electron chi connectivity index (χ2n) is 6.50. The predicted octanol–water partition coefficient (Wildman–Crippen LogP) is 3.33. The second kappa shape index (κ2) is 7.26. The van der Waals surface area contributed by atoms with Crippen LogP contribution in [0.1, 0.15) is 57.8 Å². The van der Waals surface area contributed by atoms with Crippen molar-refractivity contribution in [3.63, 3.8) is 0 Å².